The molecule has 0 atom stereocenters. The van der Waals surface area contributed by atoms with Crippen LogP contribution in [0.2, 0.25) is 0 Å². The fraction of sp³-hybridized carbons (Fsp3) is 0.182. The third-order valence-electron chi connectivity index (χ3n) is 4.92. The lowest BCUT2D eigenvalue weighted by molar-refractivity contribution is -0.152. The summed E-state index contributed by atoms with van der Waals surface area (Å²) < 4.78 is 183. The van der Waals surface area contributed by atoms with Crippen LogP contribution in [-0.4, -0.2) is 34.7 Å². The molecule has 49 heavy (non-hydrogen) atoms. The SMILES string of the molecule is FC(F)(F)Cl.N#Cc1cc(F)c(-n2nc(C(F)(F)F)[nH]c2=O)cc1F.N#Cc1cc(F)c(-n2nc(C(F)(F)F)n(C(F)F)c2=O)cc1F.[Cl-]. The van der Waals surface area contributed by atoms with Gasteiger partial charge in [0.1, 0.15) is 35.1 Å². The highest BCUT2D eigenvalue weighted by Crippen LogP contribution is 2.30. The van der Waals surface area contributed by atoms with Crippen LogP contribution in [0, 0.1) is 45.9 Å². The highest BCUT2D eigenvalue weighted by molar-refractivity contribution is 6.20. The van der Waals surface area contributed by atoms with Gasteiger partial charge in [-0.05, 0) is 23.7 Å². The third-order valence-corrected chi connectivity index (χ3v) is 4.92. The van der Waals surface area contributed by atoms with Crippen LogP contribution in [0.15, 0.2) is 33.9 Å². The molecular weight excluding hydrogens is 764 g/mol. The number of rotatable bonds is 3. The second-order valence-electron chi connectivity index (χ2n) is 8.07. The summed E-state index contributed by atoms with van der Waals surface area (Å²) in [4.78, 5) is 24.3. The highest BCUT2D eigenvalue weighted by Gasteiger charge is 2.42. The van der Waals surface area contributed by atoms with E-state index in [2.05, 4.69) is 21.8 Å². The lowest BCUT2D eigenvalue weighted by Gasteiger charge is -2.05. The first kappa shape index (κ1) is 41.9. The quantitative estimate of drug-likeness (QED) is 0.251. The summed E-state index contributed by atoms with van der Waals surface area (Å²) in [5.41, 5.74) is -11.3. The highest BCUT2D eigenvalue weighted by atomic mass is 35.5. The Morgan fingerprint density at radius 2 is 1.12 bits per heavy atom. The van der Waals surface area contributed by atoms with E-state index in [0.29, 0.717) is 18.2 Å². The zero-order chi connectivity index (χ0) is 37.1. The van der Waals surface area contributed by atoms with Crippen molar-refractivity contribution in [3.63, 3.8) is 0 Å². The van der Waals surface area contributed by atoms with Crippen LogP contribution in [0.1, 0.15) is 29.3 Å². The molecule has 0 aliphatic heterocycles. The third kappa shape index (κ3) is 10.4. The van der Waals surface area contributed by atoms with Crippen molar-refractivity contribution in [2.45, 2.75) is 24.5 Å². The average molecular weight is 770 g/mol. The fourth-order valence-corrected chi connectivity index (χ4v) is 3.09. The van der Waals surface area contributed by atoms with Crippen LogP contribution in [0.5, 0.6) is 0 Å². The number of nitriles is 2. The number of hydrogen-bond donors (Lipinski definition) is 1. The Hall–Kier alpha value is -5.17. The molecular formula is C22H6Cl2F15N8O2-. The predicted octanol–water partition coefficient (Wildman–Crippen LogP) is 3.08. The van der Waals surface area contributed by atoms with Gasteiger partial charge in [0.2, 0.25) is 11.6 Å². The summed E-state index contributed by atoms with van der Waals surface area (Å²) in [6, 6.07) is 3.98. The maximum absolute atomic E-state index is 13.7. The van der Waals surface area contributed by atoms with Crippen molar-refractivity contribution in [1.82, 2.24) is 29.1 Å². The van der Waals surface area contributed by atoms with Gasteiger partial charge in [-0.15, -0.1) is 10.2 Å². The summed E-state index contributed by atoms with van der Waals surface area (Å²) in [5, 5.41) is 22.4. The topological polar surface area (TPSA) is 138 Å². The summed E-state index contributed by atoms with van der Waals surface area (Å²) in [6.45, 7) is -3.90. The van der Waals surface area contributed by atoms with Crippen LogP contribution < -0.4 is 23.8 Å². The first-order chi connectivity index (χ1) is 21.8. The largest absolute Gasteiger partial charge is 1.00 e. The summed E-state index contributed by atoms with van der Waals surface area (Å²) in [7, 11) is 0. The van der Waals surface area contributed by atoms with E-state index >= 15 is 0 Å². The Morgan fingerprint density at radius 1 is 0.714 bits per heavy atom. The van der Waals surface area contributed by atoms with Gasteiger partial charge in [-0.2, -0.15) is 68.2 Å². The van der Waals surface area contributed by atoms with Crippen molar-refractivity contribution in [2.75, 3.05) is 0 Å². The molecule has 10 nitrogen and oxygen atoms in total. The number of aromatic amines is 1. The second-order valence-corrected chi connectivity index (χ2v) is 8.50. The van der Waals surface area contributed by atoms with Gasteiger partial charge < -0.3 is 12.4 Å². The Bertz CT molecular complexity index is 2010. The van der Waals surface area contributed by atoms with E-state index in [0.717, 1.165) is 0 Å². The number of H-pyrrole nitrogens is 1. The number of benzene rings is 2. The summed E-state index contributed by atoms with van der Waals surface area (Å²) >= 11 is 3.53. The van der Waals surface area contributed by atoms with E-state index in [1.807, 2.05) is 0 Å². The Balaban J connectivity index is 0.000000426. The van der Waals surface area contributed by atoms with Gasteiger partial charge >= 0.3 is 35.9 Å². The standard InChI is InChI=1S/C11H3F7N4O.C10H3F5N4O.CClF3.ClH/c12-5-2-7(6(13)1-4(5)3-19)22-10(23)21(9(14)15)8(20-22)11(16,17)18;11-5-2-7(6(12)1-4(5)3-16)19-9(20)17-8(18-19)10(13,14)15;2-1(3,4)5;/h1-2,9H;1-2H,(H,17,18,20);;1H/p-1. The lowest BCUT2D eigenvalue weighted by atomic mass is 10.2. The average Bonchev–Trinajstić information content (AvgIpc) is 3.50. The molecule has 0 aliphatic carbocycles. The van der Waals surface area contributed by atoms with Crippen molar-refractivity contribution in [1.29, 1.82) is 10.5 Å². The molecule has 0 aliphatic rings. The molecule has 4 rings (SSSR count). The Kier molecular flexibility index (Phi) is 13.1. The molecule has 2 aromatic heterocycles. The van der Waals surface area contributed by atoms with E-state index in [-0.39, 0.29) is 27.8 Å². The van der Waals surface area contributed by atoms with E-state index < -0.39 is 97.9 Å². The van der Waals surface area contributed by atoms with Crippen LogP contribution >= 0.6 is 11.6 Å². The minimum atomic E-state index is -5.43. The first-order valence-corrected chi connectivity index (χ1v) is 11.6. The fourth-order valence-electron chi connectivity index (χ4n) is 3.09. The van der Waals surface area contributed by atoms with Crippen molar-refractivity contribution >= 4 is 11.6 Å². The van der Waals surface area contributed by atoms with E-state index in [1.54, 1.807) is 0 Å². The molecule has 2 heterocycles. The summed E-state index contributed by atoms with van der Waals surface area (Å²) in [6.07, 6.45) is -10.4. The number of halogens is 17. The van der Waals surface area contributed by atoms with Crippen LogP contribution in [0.4, 0.5) is 65.9 Å². The molecule has 0 bridgehead atoms. The zero-order valence-electron chi connectivity index (χ0n) is 22.3. The van der Waals surface area contributed by atoms with Gasteiger partial charge in [0.25, 0.3) is 0 Å². The van der Waals surface area contributed by atoms with Crippen LogP contribution in [0.3, 0.4) is 0 Å². The minimum absolute atomic E-state index is 0. The van der Waals surface area contributed by atoms with Crippen LogP contribution in [0.25, 0.3) is 11.4 Å². The molecule has 0 fully saturated rings. The molecule has 27 heteroatoms. The Labute approximate surface area is 269 Å². The normalized spacial score (nSPS) is 11.4. The maximum Gasteiger partial charge on any atom is 0.475 e. The number of hydrogen-bond acceptors (Lipinski definition) is 6. The van der Waals surface area contributed by atoms with Gasteiger partial charge in [0.15, 0.2) is 11.6 Å². The number of nitrogens with zero attached hydrogens (tertiary/aromatic N) is 7. The van der Waals surface area contributed by atoms with Gasteiger partial charge in [-0.25, -0.2) is 31.7 Å². The van der Waals surface area contributed by atoms with Crippen molar-refractivity contribution < 1.29 is 78.3 Å². The molecule has 2 aromatic carbocycles. The maximum atomic E-state index is 13.7. The van der Waals surface area contributed by atoms with Crippen molar-refractivity contribution in [3.05, 3.63) is 91.3 Å². The van der Waals surface area contributed by atoms with Gasteiger partial charge in [0, 0.05) is 12.1 Å². The number of alkyl halides is 12. The van der Waals surface area contributed by atoms with Gasteiger partial charge in [0.05, 0.1) is 11.1 Å². The summed E-state index contributed by atoms with van der Waals surface area (Å²) in [5.74, 6) is -9.22. The number of nitrogens with one attached hydrogen (secondary N) is 1. The monoisotopic (exact) mass is 769 g/mol. The lowest BCUT2D eigenvalue weighted by Crippen LogP contribution is -3.00. The predicted molar refractivity (Wildman–Crippen MR) is 124 cm³/mol. The Morgan fingerprint density at radius 3 is 1.43 bits per heavy atom. The second kappa shape index (κ2) is 15.4. The number of aromatic nitrogens is 6. The minimum Gasteiger partial charge on any atom is -1.00 e. The smallest absolute Gasteiger partial charge is 0.475 e. The molecule has 266 valence electrons. The molecule has 0 radical (unpaired) electrons. The molecule has 0 amide bonds. The molecule has 0 unspecified atom stereocenters. The first-order valence-electron chi connectivity index (χ1n) is 11.2. The molecule has 0 saturated carbocycles. The zero-order valence-corrected chi connectivity index (χ0v) is 23.8. The molecule has 1 N–H and O–H groups in total. The van der Waals surface area contributed by atoms with Gasteiger partial charge in [-0.1, -0.05) is 0 Å². The van der Waals surface area contributed by atoms with E-state index in [9.17, 15) is 75.4 Å². The molecule has 0 spiro atoms. The van der Waals surface area contributed by atoms with Crippen LogP contribution in [-0.2, 0) is 12.4 Å². The van der Waals surface area contributed by atoms with Gasteiger partial charge in [-0.3, -0.25) is 4.98 Å². The molecule has 4 aromatic rings. The van der Waals surface area contributed by atoms with Crippen molar-refractivity contribution in [2.24, 2.45) is 0 Å². The van der Waals surface area contributed by atoms with Crippen molar-refractivity contribution in [3.8, 4) is 23.5 Å². The molecule has 0 saturated heterocycles. The van der Waals surface area contributed by atoms with E-state index in [4.69, 9.17) is 10.5 Å². The van der Waals surface area contributed by atoms with E-state index in [1.165, 1.54) is 17.1 Å².